The third-order valence-corrected chi connectivity index (χ3v) is 3.60. The zero-order valence-corrected chi connectivity index (χ0v) is 14.6. The standard InChI is InChI=1S/C15H10FN3O2.C6H5F/c16-14-8-10(6-7-17-14)4-5-11-2-1-3-12(18-11)13-9-21-15(20)19-13;7-6-4-2-1-3-5-6/h1-3,6-8,13H,9H2,(H,19,20);1-5H/t13-;/m0./s1. The number of nitrogens with zero attached hydrogens (tertiary/aromatic N) is 2. The third-order valence-electron chi connectivity index (χ3n) is 3.60. The van der Waals surface area contributed by atoms with Gasteiger partial charge in [0.05, 0.1) is 5.69 Å². The van der Waals surface area contributed by atoms with Crippen molar-refractivity contribution in [2.75, 3.05) is 6.61 Å². The number of pyridine rings is 2. The second-order valence-corrected chi connectivity index (χ2v) is 5.66. The van der Waals surface area contributed by atoms with Crippen LogP contribution < -0.4 is 5.32 Å². The normalized spacial score (nSPS) is 14.6. The number of alkyl carbamates (subject to hydrolysis) is 1. The molecular formula is C21H15F2N3O2. The van der Waals surface area contributed by atoms with Crippen molar-refractivity contribution < 1.29 is 18.3 Å². The number of ether oxygens (including phenoxy) is 1. The fourth-order valence-electron chi connectivity index (χ4n) is 2.29. The van der Waals surface area contributed by atoms with Gasteiger partial charge in [-0.05, 0) is 36.3 Å². The third kappa shape index (κ3) is 5.61. The van der Waals surface area contributed by atoms with Gasteiger partial charge in [0.15, 0.2) is 0 Å². The minimum atomic E-state index is -0.575. The second kappa shape index (κ2) is 9.24. The molecule has 7 heteroatoms. The Morgan fingerprint density at radius 2 is 1.86 bits per heavy atom. The van der Waals surface area contributed by atoms with Crippen molar-refractivity contribution >= 4 is 6.09 Å². The van der Waals surface area contributed by atoms with Crippen molar-refractivity contribution in [3.8, 4) is 11.8 Å². The number of halogens is 2. The van der Waals surface area contributed by atoms with Gasteiger partial charge in [0.2, 0.25) is 5.95 Å². The summed E-state index contributed by atoms with van der Waals surface area (Å²) in [6.45, 7) is 0.248. The van der Waals surface area contributed by atoms with Crippen molar-refractivity contribution in [2.24, 2.45) is 0 Å². The van der Waals surface area contributed by atoms with Crippen LogP contribution in [-0.4, -0.2) is 22.7 Å². The van der Waals surface area contributed by atoms with Gasteiger partial charge in [0.25, 0.3) is 0 Å². The van der Waals surface area contributed by atoms with E-state index < -0.39 is 12.0 Å². The lowest BCUT2D eigenvalue weighted by atomic mass is 10.2. The molecule has 4 rings (SSSR count). The molecule has 1 aliphatic rings. The van der Waals surface area contributed by atoms with E-state index in [9.17, 15) is 13.6 Å². The summed E-state index contributed by atoms with van der Waals surface area (Å²) in [4.78, 5) is 18.8. The minimum absolute atomic E-state index is 0.178. The molecule has 1 atom stereocenters. The predicted molar refractivity (Wildman–Crippen MR) is 98.0 cm³/mol. The van der Waals surface area contributed by atoms with Gasteiger partial charge in [-0.25, -0.2) is 19.2 Å². The number of carbonyl (C=O) groups is 1. The number of amides is 1. The van der Waals surface area contributed by atoms with Crippen molar-refractivity contribution in [2.45, 2.75) is 6.04 Å². The highest BCUT2D eigenvalue weighted by Crippen LogP contribution is 2.16. The van der Waals surface area contributed by atoms with Gasteiger partial charge in [-0.1, -0.05) is 30.2 Å². The summed E-state index contributed by atoms with van der Waals surface area (Å²) in [5, 5.41) is 2.65. The lowest BCUT2D eigenvalue weighted by Gasteiger charge is -2.06. The summed E-state index contributed by atoms with van der Waals surface area (Å²) in [5.41, 5.74) is 1.73. The Kier molecular flexibility index (Phi) is 6.26. The molecule has 1 amide bonds. The Morgan fingerprint density at radius 1 is 1.04 bits per heavy atom. The highest BCUT2D eigenvalue weighted by Gasteiger charge is 2.24. The van der Waals surface area contributed by atoms with Crippen molar-refractivity contribution in [3.63, 3.8) is 0 Å². The number of benzene rings is 1. The minimum Gasteiger partial charge on any atom is -0.447 e. The summed E-state index contributed by atoms with van der Waals surface area (Å²) in [7, 11) is 0. The maximum Gasteiger partial charge on any atom is 0.407 e. The maximum absolute atomic E-state index is 12.9. The number of hydrogen-bond donors (Lipinski definition) is 1. The summed E-state index contributed by atoms with van der Waals surface area (Å²) in [6, 6.07) is 15.9. The first kappa shape index (κ1) is 19.0. The van der Waals surface area contributed by atoms with Crippen LogP contribution >= 0.6 is 0 Å². The molecule has 0 spiro atoms. The van der Waals surface area contributed by atoms with Crippen LogP contribution in [0, 0.1) is 23.6 Å². The van der Waals surface area contributed by atoms with Crippen LogP contribution in [0.25, 0.3) is 0 Å². The summed E-state index contributed by atoms with van der Waals surface area (Å²) < 4.78 is 29.7. The molecule has 5 nitrogen and oxygen atoms in total. The monoisotopic (exact) mass is 379 g/mol. The molecule has 1 fully saturated rings. The molecule has 1 aliphatic heterocycles. The van der Waals surface area contributed by atoms with Crippen LogP contribution in [0.1, 0.15) is 23.0 Å². The van der Waals surface area contributed by atoms with E-state index in [1.54, 1.807) is 42.5 Å². The van der Waals surface area contributed by atoms with E-state index >= 15 is 0 Å². The topological polar surface area (TPSA) is 64.1 Å². The molecule has 0 unspecified atom stereocenters. The van der Waals surface area contributed by atoms with Gasteiger partial charge < -0.3 is 10.1 Å². The Labute approximate surface area is 160 Å². The van der Waals surface area contributed by atoms with E-state index in [1.165, 1.54) is 24.4 Å². The molecule has 0 aliphatic carbocycles. The van der Waals surface area contributed by atoms with Crippen LogP contribution in [0.3, 0.4) is 0 Å². The quantitative estimate of drug-likeness (QED) is 0.518. The van der Waals surface area contributed by atoms with Gasteiger partial charge in [0.1, 0.15) is 24.2 Å². The van der Waals surface area contributed by atoms with Gasteiger partial charge in [0, 0.05) is 17.8 Å². The Balaban J connectivity index is 0.000000271. The summed E-state index contributed by atoms with van der Waals surface area (Å²) in [6.07, 6.45) is 0.903. The molecule has 3 aromatic rings. The molecule has 1 aromatic carbocycles. The number of rotatable bonds is 1. The molecule has 2 aromatic heterocycles. The van der Waals surface area contributed by atoms with Crippen LogP contribution in [0.2, 0.25) is 0 Å². The molecule has 3 heterocycles. The number of aromatic nitrogens is 2. The Bertz CT molecular complexity index is 1020. The summed E-state index contributed by atoms with van der Waals surface area (Å²) >= 11 is 0. The van der Waals surface area contributed by atoms with Gasteiger partial charge in [-0.15, -0.1) is 0 Å². The fraction of sp³-hybridized carbons (Fsp3) is 0.0952. The van der Waals surface area contributed by atoms with Crippen LogP contribution in [0.4, 0.5) is 13.6 Å². The molecule has 1 N–H and O–H groups in total. The first-order valence-electron chi connectivity index (χ1n) is 8.34. The number of nitrogens with one attached hydrogen (secondary N) is 1. The second-order valence-electron chi connectivity index (χ2n) is 5.66. The molecule has 0 radical (unpaired) electrons. The average Bonchev–Trinajstić information content (AvgIpc) is 3.14. The van der Waals surface area contributed by atoms with Crippen molar-refractivity contribution in [1.29, 1.82) is 0 Å². The lowest BCUT2D eigenvalue weighted by molar-refractivity contribution is 0.177. The molecule has 140 valence electrons. The van der Waals surface area contributed by atoms with Crippen molar-refractivity contribution in [1.82, 2.24) is 15.3 Å². The molecular weight excluding hydrogens is 364 g/mol. The van der Waals surface area contributed by atoms with Gasteiger partial charge >= 0.3 is 6.09 Å². The lowest BCUT2D eigenvalue weighted by Crippen LogP contribution is -2.19. The van der Waals surface area contributed by atoms with Crippen LogP contribution in [0.15, 0.2) is 66.9 Å². The molecule has 0 bridgehead atoms. The summed E-state index contributed by atoms with van der Waals surface area (Å²) in [5.74, 6) is 4.92. The molecule has 1 saturated heterocycles. The predicted octanol–water partition coefficient (Wildman–Crippen LogP) is 3.62. The van der Waals surface area contributed by atoms with E-state index in [-0.39, 0.29) is 18.5 Å². The number of cyclic esters (lactones) is 1. The zero-order valence-electron chi connectivity index (χ0n) is 14.6. The average molecular weight is 379 g/mol. The zero-order chi connectivity index (χ0) is 19.8. The highest BCUT2D eigenvalue weighted by molar-refractivity contribution is 5.69. The molecule has 0 saturated carbocycles. The fourth-order valence-corrected chi connectivity index (χ4v) is 2.29. The van der Waals surface area contributed by atoms with E-state index in [2.05, 4.69) is 27.1 Å². The number of hydrogen-bond acceptors (Lipinski definition) is 4. The Morgan fingerprint density at radius 3 is 2.50 bits per heavy atom. The van der Waals surface area contributed by atoms with E-state index in [0.29, 0.717) is 17.0 Å². The Hall–Kier alpha value is -3.79. The maximum atomic E-state index is 12.9. The number of carbonyl (C=O) groups excluding carboxylic acids is 1. The van der Waals surface area contributed by atoms with E-state index in [0.717, 1.165) is 0 Å². The van der Waals surface area contributed by atoms with Crippen LogP contribution in [0.5, 0.6) is 0 Å². The van der Waals surface area contributed by atoms with E-state index in [4.69, 9.17) is 4.74 Å². The van der Waals surface area contributed by atoms with Gasteiger partial charge in [-0.2, -0.15) is 4.39 Å². The smallest absolute Gasteiger partial charge is 0.407 e. The van der Waals surface area contributed by atoms with Crippen LogP contribution in [-0.2, 0) is 4.74 Å². The van der Waals surface area contributed by atoms with Crippen molar-refractivity contribution in [3.05, 3.63) is 95.6 Å². The van der Waals surface area contributed by atoms with E-state index in [1.807, 2.05) is 0 Å². The molecule has 28 heavy (non-hydrogen) atoms. The first-order chi connectivity index (χ1) is 13.6. The SMILES string of the molecule is Fc1ccccc1.O=C1N[C@H](c2cccc(C#Cc3ccnc(F)c3)n2)CO1. The highest BCUT2D eigenvalue weighted by atomic mass is 19.1. The van der Waals surface area contributed by atoms with Gasteiger partial charge in [-0.3, -0.25) is 0 Å². The first-order valence-corrected chi connectivity index (χ1v) is 8.34. The largest absolute Gasteiger partial charge is 0.447 e.